The number of thiol groups is 1. The van der Waals surface area contributed by atoms with Crippen molar-refractivity contribution < 1.29 is 0 Å². The van der Waals surface area contributed by atoms with Gasteiger partial charge in [0.2, 0.25) is 0 Å². The standard InChI is InChI=1S/C7H12S/c8-6-5-7-3-1-2-4-7/h1-2,7-8H,3-6H2. The lowest BCUT2D eigenvalue weighted by molar-refractivity contribution is 0.556. The van der Waals surface area contributed by atoms with Crippen molar-refractivity contribution >= 4 is 12.6 Å². The molecular formula is C7H12S. The summed E-state index contributed by atoms with van der Waals surface area (Å²) in [6.07, 6.45) is 8.42. The van der Waals surface area contributed by atoms with Crippen molar-refractivity contribution in [2.45, 2.75) is 19.3 Å². The molecule has 1 aliphatic rings. The Morgan fingerprint density at radius 3 is 2.50 bits per heavy atom. The Hall–Kier alpha value is 0.0900. The van der Waals surface area contributed by atoms with E-state index in [0.29, 0.717) is 0 Å². The van der Waals surface area contributed by atoms with Gasteiger partial charge >= 0.3 is 0 Å². The van der Waals surface area contributed by atoms with E-state index in [9.17, 15) is 0 Å². The third-order valence-electron chi connectivity index (χ3n) is 1.64. The van der Waals surface area contributed by atoms with E-state index in [1.54, 1.807) is 0 Å². The molecular weight excluding hydrogens is 116 g/mol. The van der Waals surface area contributed by atoms with Crippen LogP contribution in [0, 0.1) is 5.92 Å². The maximum Gasteiger partial charge on any atom is -0.00951 e. The number of rotatable bonds is 2. The van der Waals surface area contributed by atoms with Gasteiger partial charge in [0.1, 0.15) is 0 Å². The van der Waals surface area contributed by atoms with E-state index in [0.717, 1.165) is 11.7 Å². The highest BCUT2D eigenvalue weighted by molar-refractivity contribution is 7.80. The first-order valence-electron chi connectivity index (χ1n) is 3.19. The molecule has 0 aliphatic heterocycles. The van der Waals surface area contributed by atoms with Gasteiger partial charge in [-0.2, -0.15) is 12.6 Å². The van der Waals surface area contributed by atoms with Gasteiger partial charge < -0.3 is 0 Å². The maximum absolute atomic E-state index is 4.17. The third-order valence-corrected chi connectivity index (χ3v) is 1.90. The summed E-state index contributed by atoms with van der Waals surface area (Å²) in [5, 5.41) is 0. The Morgan fingerprint density at radius 1 is 1.38 bits per heavy atom. The van der Waals surface area contributed by atoms with Crippen LogP contribution in [0.25, 0.3) is 0 Å². The Balaban J connectivity index is 2.10. The molecule has 1 rings (SSSR count). The molecule has 0 bridgehead atoms. The molecule has 0 unspecified atom stereocenters. The first kappa shape index (κ1) is 6.21. The van der Waals surface area contributed by atoms with Crippen LogP contribution in [0.3, 0.4) is 0 Å². The first-order valence-corrected chi connectivity index (χ1v) is 3.82. The van der Waals surface area contributed by atoms with E-state index in [2.05, 4.69) is 24.8 Å². The predicted octanol–water partition coefficient (Wildman–Crippen LogP) is 2.27. The summed E-state index contributed by atoms with van der Waals surface area (Å²) in [7, 11) is 0. The van der Waals surface area contributed by atoms with E-state index in [-0.39, 0.29) is 0 Å². The third kappa shape index (κ3) is 1.55. The van der Waals surface area contributed by atoms with E-state index < -0.39 is 0 Å². The van der Waals surface area contributed by atoms with Crippen LogP contribution in [0.15, 0.2) is 12.2 Å². The molecule has 0 amide bonds. The fraction of sp³-hybridized carbons (Fsp3) is 0.714. The van der Waals surface area contributed by atoms with Gasteiger partial charge in [-0.1, -0.05) is 12.2 Å². The van der Waals surface area contributed by atoms with Crippen molar-refractivity contribution in [3.63, 3.8) is 0 Å². The summed E-state index contributed by atoms with van der Waals surface area (Å²) in [6.45, 7) is 0. The summed E-state index contributed by atoms with van der Waals surface area (Å²) in [6, 6.07) is 0. The van der Waals surface area contributed by atoms with Crippen molar-refractivity contribution in [1.82, 2.24) is 0 Å². The van der Waals surface area contributed by atoms with Gasteiger partial charge in [0, 0.05) is 0 Å². The van der Waals surface area contributed by atoms with Crippen molar-refractivity contribution in [2.75, 3.05) is 5.75 Å². The van der Waals surface area contributed by atoms with Crippen LogP contribution in [-0.2, 0) is 0 Å². The first-order chi connectivity index (χ1) is 3.93. The lowest BCUT2D eigenvalue weighted by Crippen LogP contribution is -1.92. The van der Waals surface area contributed by atoms with Gasteiger partial charge in [-0.3, -0.25) is 0 Å². The van der Waals surface area contributed by atoms with E-state index in [1.807, 2.05) is 0 Å². The zero-order valence-corrected chi connectivity index (χ0v) is 5.90. The molecule has 0 nitrogen and oxygen atoms in total. The highest BCUT2D eigenvalue weighted by atomic mass is 32.1. The average Bonchev–Trinajstić information content (AvgIpc) is 2.19. The maximum atomic E-state index is 4.17. The molecule has 0 aromatic heterocycles. The molecule has 0 N–H and O–H groups in total. The predicted molar refractivity (Wildman–Crippen MR) is 40.3 cm³/mol. The van der Waals surface area contributed by atoms with E-state index in [4.69, 9.17) is 0 Å². The smallest absolute Gasteiger partial charge is 0.00951 e. The molecule has 46 valence electrons. The van der Waals surface area contributed by atoms with E-state index >= 15 is 0 Å². The monoisotopic (exact) mass is 128 g/mol. The summed E-state index contributed by atoms with van der Waals surface area (Å²) < 4.78 is 0. The SMILES string of the molecule is SCCC1CC=CC1. The summed E-state index contributed by atoms with van der Waals surface area (Å²) in [5.41, 5.74) is 0. The van der Waals surface area contributed by atoms with Crippen LogP contribution in [0.5, 0.6) is 0 Å². The summed E-state index contributed by atoms with van der Waals surface area (Å²) >= 11 is 4.17. The van der Waals surface area contributed by atoms with Crippen LogP contribution in [0.1, 0.15) is 19.3 Å². The van der Waals surface area contributed by atoms with Gasteiger partial charge in [-0.25, -0.2) is 0 Å². The van der Waals surface area contributed by atoms with Crippen molar-refractivity contribution in [2.24, 2.45) is 5.92 Å². The molecule has 0 atom stereocenters. The molecule has 0 aromatic carbocycles. The molecule has 0 heterocycles. The molecule has 8 heavy (non-hydrogen) atoms. The number of hydrogen-bond donors (Lipinski definition) is 1. The van der Waals surface area contributed by atoms with Crippen molar-refractivity contribution in [3.05, 3.63) is 12.2 Å². The van der Waals surface area contributed by atoms with Crippen LogP contribution >= 0.6 is 12.6 Å². The lowest BCUT2D eigenvalue weighted by atomic mass is 10.1. The molecule has 0 fully saturated rings. The molecule has 0 aromatic rings. The average molecular weight is 128 g/mol. The van der Waals surface area contributed by atoms with Crippen LogP contribution in [-0.4, -0.2) is 5.75 Å². The van der Waals surface area contributed by atoms with Gasteiger partial charge in [0.15, 0.2) is 0 Å². The Labute approximate surface area is 56.4 Å². The van der Waals surface area contributed by atoms with Gasteiger partial charge in [-0.05, 0) is 30.9 Å². The molecule has 0 spiro atoms. The Morgan fingerprint density at radius 2 is 2.00 bits per heavy atom. The summed E-state index contributed by atoms with van der Waals surface area (Å²) in [5.74, 6) is 1.97. The van der Waals surface area contributed by atoms with Gasteiger partial charge in [-0.15, -0.1) is 0 Å². The second-order valence-corrected chi connectivity index (χ2v) is 2.77. The zero-order chi connectivity index (χ0) is 5.82. The fourth-order valence-electron chi connectivity index (χ4n) is 1.09. The fourth-order valence-corrected chi connectivity index (χ4v) is 1.46. The number of allylic oxidation sites excluding steroid dienone is 2. The Kier molecular flexibility index (Phi) is 2.47. The van der Waals surface area contributed by atoms with Gasteiger partial charge in [0.05, 0.1) is 0 Å². The second-order valence-electron chi connectivity index (χ2n) is 2.32. The van der Waals surface area contributed by atoms with Crippen LogP contribution in [0.2, 0.25) is 0 Å². The zero-order valence-electron chi connectivity index (χ0n) is 5.01. The lowest BCUT2D eigenvalue weighted by Gasteiger charge is -2.03. The Bertz CT molecular complexity index is 78.4. The molecule has 1 aliphatic carbocycles. The topological polar surface area (TPSA) is 0 Å². The second kappa shape index (κ2) is 3.18. The van der Waals surface area contributed by atoms with Gasteiger partial charge in [0.25, 0.3) is 0 Å². The largest absolute Gasteiger partial charge is 0.179 e. The normalized spacial score (nSPS) is 20.1. The number of hydrogen-bond acceptors (Lipinski definition) is 1. The summed E-state index contributed by atoms with van der Waals surface area (Å²) in [4.78, 5) is 0. The van der Waals surface area contributed by atoms with Crippen LogP contribution in [0.4, 0.5) is 0 Å². The van der Waals surface area contributed by atoms with E-state index in [1.165, 1.54) is 19.3 Å². The van der Waals surface area contributed by atoms with Crippen molar-refractivity contribution in [1.29, 1.82) is 0 Å². The minimum atomic E-state index is 0.924. The van der Waals surface area contributed by atoms with Crippen molar-refractivity contribution in [3.8, 4) is 0 Å². The molecule has 0 saturated carbocycles. The molecule has 1 heteroatoms. The minimum Gasteiger partial charge on any atom is -0.179 e. The molecule has 0 saturated heterocycles. The highest BCUT2D eigenvalue weighted by Gasteiger charge is 2.07. The minimum absolute atomic E-state index is 0.924. The molecule has 0 radical (unpaired) electrons. The van der Waals surface area contributed by atoms with Crippen LogP contribution < -0.4 is 0 Å². The highest BCUT2D eigenvalue weighted by Crippen LogP contribution is 2.20. The quantitative estimate of drug-likeness (QED) is 0.428.